The molecule has 5 heteroatoms. The Balaban J connectivity index is 1.61. The van der Waals surface area contributed by atoms with Crippen molar-refractivity contribution in [2.24, 2.45) is 52.3 Å². The maximum atomic E-state index is 11.3. The lowest BCUT2D eigenvalue weighted by atomic mass is 9.43. The van der Waals surface area contributed by atoms with Crippen LogP contribution < -0.4 is 0 Å². The highest BCUT2D eigenvalue weighted by Gasteiger charge is 2.65. The SMILES string of the molecule is CC(/C=C/[C@@H](C)[C@H]1C[C@@H](O)[C@H]2[C@@H]3C[C@H](O)[C@H]4[C@@H](O)[C@@H](O)CC[C@]4(C)[C@H]3CC[C@@]21C)CO. The van der Waals surface area contributed by atoms with Gasteiger partial charge in [-0.05, 0) is 84.9 Å². The largest absolute Gasteiger partial charge is 0.396 e. The van der Waals surface area contributed by atoms with Crippen molar-refractivity contribution < 1.29 is 25.5 Å². The predicted molar refractivity (Wildman–Crippen MR) is 120 cm³/mol. The molecule has 0 amide bonds. The molecule has 0 aromatic carbocycles. The molecule has 13 atom stereocenters. The van der Waals surface area contributed by atoms with Gasteiger partial charge >= 0.3 is 0 Å². The van der Waals surface area contributed by atoms with E-state index in [1.54, 1.807) is 0 Å². The zero-order valence-corrected chi connectivity index (χ0v) is 19.7. The van der Waals surface area contributed by atoms with Crippen molar-refractivity contribution in [1.29, 1.82) is 0 Å². The van der Waals surface area contributed by atoms with Gasteiger partial charge in [-0.3, -0.25) is 0 Å². The van der Waals surface area contributed by atoms with Gasteiger partial charge in [0.05, 0.1) is 24.4 Å². The molecule has 0 aromatic heterocycles. The lowest BCUT2D eigenvalue weighted by molar-refractivity contribution is -0.217. The third kappa shape index (κ3) is 3.63. The fourth-order valence-corrected chi connectivity index (χ4v) is 8.88. The van der Waals surface area contributed by atoms with Gasteiger partial charge in [0.2, 0.25) is 0 Å². The molecule has 0 aromatic rings. The first kappa shape index (κ1) is 23.7. The Morgan fingerprint density at radius 2 is 1.48 bits per heavy atom. The summed E-state index contributed by atoms with van der Waals surface area (Å²) in [5.74, 6) is 1.37. The normalized spacial score (nSPS) is 54.2. The van der Waals surface area contributed by atoms with Gasteiger partial charge in [0, 0.05) is 12.5 Å². The molecule has 0 spiro atoms. The molecule has 0 bridgehead atoms. The molecular formula is C26H44O5. The average molecular weight is 437 g/mol. The van der Waals surface area contributed by atoms with Gasteiger partial charge in [0.25, 0.3) is 0 Å². The summed E-state index contributed by atoms with van der Waals surface area (Å²) in [6.45, 7) is 8.98. The second-order valence-corrected chi connectivity index (χ2v) is 12.1. The molecule has 4 aliphatic carbocycles. The van der Waals surface area contributed by atoms with Crippen LogP contribution in [0, 0.1) is 52.3 Å². The summed E-state index contributed by atoms with van der Waals surface area (Å²) in [6, 6.07) is 0. The molecule has 1 unspecified atom stereocenters. The first-order valence-electron chi connectivity index (χ1n) is 12.6. The highest BCUT2D eigenvalue weighted by atomic mass is 16.3. The highest BCUT2D eigenvalue weighted by Crippen LogP contribution is 2.68. The molecule has 0 radical (unpaired) electrons. The third-order valence-electron chi connectivity index (χ3n) is 10.4. The molecule has 0 heterocycles. The fourth-order valence-electron chi connectivity index (χ4n) is 8.88. The van der Waals surface area contributed by atoms with Crippen LogP contribution in [0.3, 0.4) is 0 Å². The van der Waals surface area contributed by atoms with Crippen molar-refractivity contribution >= 4 is 0 Å². The van der Waals surface area contributed by atoms with Crippen LogP contribution in [0.1, 0.15) is 66.2 Å². The van der Waals surface area contributed by atoms with E-state index in [1.165, 1.54) is 0 Å². The maximum Gasteiger partial charge on any atom is 0.0857 e. The van der Waals surface area contributed by atoms with E-state index in [4.69, 9.17) is 0 Å². The van der Waals surface area contributed by atoms with E-state index in [9.17, 15) is 25.5 Å². The Bertz CT molecular complexity index is 681. The van der Waals surface area contributed by atoms with Crippen molar-refractivity contribution in [2.75, 3.05) is 6.61 Å². The molecule has 5 N–H and O–H groups in total. The van der Waals surface area contributed by atoms with Crippen molar-refractivity contribution in [2.45, 2.75) is 90.6 Å². The number of allylic oxidation sites excluding steroid dienone is 1. The van der Waals surface area contributed by atoms with Crippen LogP contribution in [-0.4, -0.2) is 56.6 Å². The molecule has 31 heavy (non-hydrogen) atoms. The minimum atomic E-state index is -0.858. The number of rotatable bonds is 4. The van der Waals surface area contributed by atoms with Gasteiger partial charge in [-0.2, -0.15) is 0 Å². The number of aliphatic hydroxyl groups excluding tert-OH is 5. The van der Waals surface area contributed by atoms with Crippen LogP contribution >= 0.6 is 0 Å². The summed E-state index contributed by atoms with van der Waals surface area (Å²) in [5, 5.41) is 52.8. The second kappa shape index (κ2) is 8.39. The van der Waals surface area contributed by atoms with Crippen LogP contribution in [0.25, 0.3) is 0 Å². The van der Waals surface area contributed by atoms with Gasteiger partial charge in [-0.15, -0.1) is 0 Å². The van der Waals surface area contributed by atoms with E-state index in [2.05, 4.69) is 32.9 Å². The quantitative estimate of drug-likeness (QED) is 0.436. The molecule has 4 rings (SSSR count). The summed E-state index contributed by atoms with van der Waals surface area (Å²) < 4.78 is 0. The van der Waals surface area contributed by atoms with Gasteiger partial charge in [-0.1, -0.05) is 39.8 Å². The number of fused-ring (bicyclic) bond motifs is 5. The first-order chi connectivity index (χ1) is 14.5. The zero-order valence-electron chi connectivity index (χ0n) is 19.7. The van der Waals surface area contributed by atoms with E-state index < -0.39 is 18.3 Å². The fraction of sp³-hybridized carbons (Fsp3) is 0.923. The summed E-state index contributed by atoms with van der Waals surface area (Å²) in [7, 11) is 0. The van der Waals surface area contributed by atoms with Gasteiger partial charge in [-0.25, -0.2) is 0 Å². The van der Waals surface area contributed by atoms with E-state index in [0.29, 0.717) is 30.6 Å². The summed E-state index contributed by atoms with van der Waals surface area (Å²) >= 11 is 0. The average Bonchev–Trinajstić information content (AvgIpc) is 3.00. The topological polar surface area (TPSA) is 101 Å². The molecule has 0 aliphatic heterocycles. The van der Waals surface area contributed by atoms with Gasteiger partial charge in [0.1, 0.15) is 0 Å². The van der Waals surface area contributed by atoms with Crippen LogP contribution in [0.15, 0.2) is 12.2 Å². The minimum absolute atomic E-state index is 0.0303. The Kier molecular flexibility index (Phi) is 6.41. The molecule has 4 fully saturated rings. The third-order valence-corrected chi connectivity index (χ3v) is 10.4. The van der Waals surface area contributed by atoms with Crippen LogP contribution in [0.5, 0.6) is 0 Å². The molecule has 5 nitrogen and oxygen atoms in total. The van der Waals surface area contributed by atoms with Crippen molar-refractivity contribution in [1.82, 2.24) is 0 Å². The number of aliphatic hydroxyl groups is 5. The number of hydrogen-bond donors (Lipinski definition) is 5. The molecule has 4 saturated carbocycles. The minimum Gasteiger partial charge on any atom is -0.396 e. The maximum absolute atomic E-state index is 11.3. The van der Waals surface area contributed by atoms with E-state index >= 15 is 0 Å². The van der Waals surface area contributed by atoms with Crippen LogP contribution in [0.2, 0.25) is 0 Å². The smallest absolute Gasteiger partial charge is 0.0857 e. The van der Waals surface area contributed by atoms with Gasteiger partial charge in [0.15, 0.2) is 0 Å². The highest BCUT2D eigenvalue weighted by molar-refractivity contribution is 5.15. The summed E-state index contributed by atoms with van der Waals surface area (Å²) in [6.07, 6.45) is 6.68. The number of hydrogen-bond acceptors (Lipinski definition) is 5. The Morgan fingerprint density at radius 3 is 2.16 bits per heavy atom. The first-order valence-corrected chi connectivity index (χ1v) is 12.6. The lowest BCUT2D eigenvalue weighted by Gasteiger charge is -2.63. The van der Waals surface area contributed by atoms with E-state index in [-0.39, 0.29) is 47.2 Å². The Morgan fingerprint density at radius 1 is 0.839 bits per heavy atom. The monoisotopic (exact) mass is 436 g/mol. The second-order valence-electron chi connectivity index (χ2n) is 12.1. The van der Waals surface area contributed by atoms with Crippen LogP contribution in [0.4, 0.5) is 0 Å². The summed E-state index contributed by atoms with van der Waals surface area (Å²) in [4.78, 5) is 0. The lowest BCUT2D eigenvalue weighted by Crippen LogP contribution is -2.63. The van der Waals surface area contributed by atoms with E-state index in [0.717, 1.165) is 25.7 Å². The van der Waals surface area contributed by atoms with Crippen molar-refractivity contribution in [3.05, 3.63) is 12.2 Å². The van der Waals surface area contributed by atoms with Crippen molar-refractivity contribution in [3.8, 4) is 0 Å². The molecule has 0 saturated heterocycles. The van der Waals surface area contributed by atoms with E-state index in [1.807, 2.05) is 6.92 Å². The zero-order chi connectivity index (χ0) is 22.7. The standard InChI is InChI=1S/C26H44O5/c1-14(13-27)5-6-15(2)18-12-21(30)22-16-11-20(29)23-24(31)19(28)8-10-25(23,3)17(16)7-9-26(18,22)4/h5-6,14-24,27-31H,7-13H2,1-4H3/b6-5+/t14?,15-,16-,17+,18-,19+,20+,21-,22-,23+,24+,25-,26-/m1/s1. The molecule has 178 valence electrons. The van der Waals surface area contributed by atoms with Crippen molar-refractivity contribution in [3.63, 3.8) is 0 Å². The molecular weight excluding hydrogens is 392 g/mol. The van der Waals surface area contributed by atoms with Gasteiger partial charge < -0.3 is 25.5 Å². The predicted octanol–water partition coefficient (Wildman–Crippen LogP) is 2.74. The Hall–Kier alpha value is -0.460. The molecule has 4 aliphatic rings. The Labute approximate surface area is 187 Å². The van der Waals surface area contributed by atoms with Crippen LogP contribution in [-0.2, 0) is 0 Å². The summed E-state index contributed by atoms with van der Waals surface area (Å²) in [5.41, 5.74) is -0.162.